The number of benzene rings is 2. The molecule has 2 aliphatic heterocycles. The van der Waals surface area contributed by atoms with Gasteiger partial charge in [0, 0.05) is 25.2 Å². The highest BCUT2D eigenvalue weighted by Gasteiger charge is 2.43. The summed E-state index contributed by atoms with van der Waals surface area (Å²) in [5.74, 6) is -2.92. The molecular weight excluding hydrogens is 466 g/mol. The maximum atomic E-state index is 13.7. The minimum Gasteiger partial charge on any atom is -0.350 e. The summed E-state index contributed by atoms with van der Waals surface area (Å²) in [5.41, 5.74) is -0.945. The molecule has 2 aliphatic rings. The summed E-state index contributed by atoms with van der Waals surface area (Å²) >= 11 is 0. The third kappa shape index (κ3) is 5.31. The Morgan fingerprint density at radius 2 is 1.57 bits per heavy atom. The molecule has 35 heavy (non-hydrogen) atoms. The van der Waals surface area contributed by atoms with Crippen LogP contribution >= 0.6 is 0 Å². The molecule has 0 unspecified atom stereocenters. The van der Waals surface area contributed by atoms with Crippen molar-refractivity contribution in [2.75, 3.05) is 13.1 Å². The number of rotatable bonds is 5. The highest BCUT2D eigenvalue weighted by Crippen LogP contribution is 2.33. The highest BCUT2D eigenvalue weighted by atomic mass is 19.4. The van der Waals surface area contributed by atoms with Crippen molar-refractivity contribution in [3.05, 3.63) is 71.0 Å². The first kappa shape index (κ1) is 24.7. The van der Waals surface area contributed by atoms with E-state index in [0.717, 1.165) is 11.6 Å². The number of amides is 3. The average Bonchev–Trinajstić information content (AvgIpc) is 3.52. The van der Waals surface area contributed by atoms with Gasteiger partial charge >= 0.3 is 6.18 Å². The van der Waals surface area contributed by atoms with E-state index >= 15 is 0 Å². The fraction of sp³-hybridized carbons (Fsp3) is 0.400. The van der Waals surface area contributed by atoms with Gasteiger partial charge in [-0.15, -0.1) is 0 Å². The van der Waals surface area contributed by atoms with Gasteiger partial charge < -0.3 is 15.1 Å². The van der Waals surface area contributed by atoms with Crippen LogP contribution in [-0.2, 0) is 22.3 Å². The molecule has 0 saturated carbocycles. The van der Waals surface area contributed by atoms with Crippen LogP contribution < -0.4 is 5.32 Å². The molecule has 2 aromatic rings. The number of alkyl halides is 3. The summed E-state index contributed by atoms with van der Waals surface area (Å²) in [6, 6.07) is 9.85. The van der Waals surface area contributed by atoms with Gasteiger partial charge in [0.2, 0.25) is 11.8 Å². The van der Waals surface area contributed by atoms with Crippen molar-refractivity contribution in [2.45, 2.75) is 50.5 Å². The standard InChI is InChI=1S/C25H25F4N3O3/c26-19-11-10-17(14-18(19)25(27,28)29)23(34)32-13-5-9-21(32)24(35)31-12-4-8-20(31)22(33)30-15-16-6-2-1-3-7-16/h1-3,6-7,10-11,14,20-21H,4-5,8-9,12-13,15H2,(H,30,33)/t20-,21+/m0/s1. The van der Waals surface area contributed by atoms with Gasteiger partial charge in [0.05, 0.1) is 5.56 Å². The third-order valence-electron chi connectivity index (χ3n) is 6.47. The Balaban J connectivity index is 1.46. The van der Waals surface area contributed by atoms with Gasteiger partial charge in [0.15, 0.2) is 0 Å². The van der Waals surface area contributed by atoms with Crippen molar-refractivity contribution in [2.24, 2.45) is 0 Å². The van der Waals surface area contributed by atoms with Crippen LogP contribution in [0.15, 0.2) is 48.5 Å². The smallest absolute Gasteiger partial charge is 0.350 e. The van der Waals surface area contributed by atoms with Crippen LogP contribution in [0.2, 0.25) is 0 Å². The lowest BCUT2D eigenvalue weighted by Gasteiger charge is -2.31. The molecule has 0 spiro atoms. The minimum atomic E-state index is -4.95. The number of halogens is 4. The van der Waals surface area contributed by atoms with Gasteiger partial charge in [-0.1, -0.05) is 30.3 Å². The van der Waals surface area contributed by atoms with E-state index in [0.29, 0.717) is 50.9 Å². The van der Waals surface area contributed by atoms with Gasteiger partial charge in [0.25, 0.3) is 5.91 Å². The molecule has 2 atom stereocenters. The first-order chi connectivity index (χ1) is 16.7. The average molecular weight is 491 g/mol. The summed E-state index contributed by atoms with van der Waals surface area (Å²) < 4.78 is 53.0. The van der Waals surface area contributed by atoms with Crippen LogP contribution in [0.1, 0.15) is 47.2 Å². The van der Waals surface area contributed by atoms with Crippen LogP contribution in [0.3, 0.4) is 0 Å². The number of carbonyl (C=O) groups is 3. The predicted molar refractivity (Wildman–Crippen MR) is 118 cm³/mol. The van der Waals surface area contributed by atoms with Gasteiger partial charge in [-0.3, -0.25) is 14.4 Å². The molecule has 2 heterocycles. The molecule has 0 aromatic heterocycles. The van der Waals surface area contributed by atoms with Gasteiger partial charge in [-0.05, 0) is 49.4 Å². The lowest BCUT2D eigenvalue weighted by Crippen LogP contribution is -2.52. The largest absolute Gasteiger partial charge is 0.419 e. The number of hydrogen-bond acceptors (Lipinski definition) is 3. The highest BCUT2D eigenvalue weighted by molar-refractivity contribution is 5.99. The summed E-state index contributed by atoms with van der Waals surface area (Å²) in [5, 5.41) is 2.85. The number of carbonyl (C=O) groups excluding carboxylic acids is 3. The normalized spacial score (nSPS) is 20.2. The van der Waals surface area contributed by atoms with Crippen molar-refractivity contribution in [1.29, 1.82) is 0 Å². The maximum Gasteiger partial charge on any atom is 0.419 e. The molecule has 0 bridgehead atoms. The second-order valence-corrected chi connectivity index (χ2v) is 8.74. The zero-order valence-electron chi connectivity index (χ0n) is 18.9. The molecular formula is C25H25F4N3O3. The Kier molecular flexibility index (Phi) is 7.09. The third-order valence-corrected chi connectivity index (χ3v) is 6.47. The van der Waals surface area contributed by atoms with E-state index in [1.807, 2.05) is 30.3 Å². The van der Waals surface area contributed by atoms with Crippen molar-refractivity contribution >= 4 is 17.7 Å². The van der Waals surface area contributed by atoms with Crippen molar-refractivity contribution < 1.29 is 31.9 Å². The summed E-state index contributed by atoms with van der Waals surface area (Å²) in [6.45, 7) is 0.862. The molecule has 2 fully saturated rings. The maximum absolute atomic E-state index is 13.7. The Morgan fingerprint density at radius 1 is 0.914 bits per heavy atom. The van der Waals surface area contributed by atoms with E-state index in [-0.39, 0.29) is 18.0 Å². The molecule has 186 valence electrons. The van der Waals surface area contributed by atoms with Crippen molar-refractivity contribution in [1.82, 2.24) is 15.1 Å². The molecule has 6 nitrogen and oxygen atoms in total. The summed E-state index contributed by atoms with van der Waals surface area (Å²) in [4.78, 5) is 41.9. The van der Waals surface area contributed by atoms with Crippen LogP contribution in [0.4, 0.5) is 17.6 Å². The first-order valence-electron chi connectivity index (χ1n) is 11.5. The Hall–Kier alpha value is -3.43. The summed E-state index contributed by atoms with van der Waals surface area (Å²) in [7, 11) is 0. The number of nitrogens with zero attached hydrogens (tertiary/aromatic N) is 2. The predicted octanol–water partition coefficient (Wildman–Crippen LogP) is 3.76. The number of hydrogen-bond donors (Lipinski definition) is 1. The van der Waals surface area contributed by atoms with Crippen molar-refractivity contribution in [3.63, 3.8) is 0 Å². The lowest BCUT2D eigenvalue weighted by molar-refractivity contribution is -0.141. The second-order valence-electron chi connectivity index (χ2n) is 8.74. The molecule has 10 heteroatoms. The fourth-order valence-electron chi connectivity index (χ4n) is 4.71. The summed E-state index contributed by atoms with van der Waals surface area (Å²) in [6.07, 6.45) is -3.00. The van der Waals surface area contributed by atoms with Gasteiger partial charge in [-0.2, -0.15) is 13.2 Å². The van der Waals surface area contributed by atoms with Gasteiger partial charge in [-0.25, -0.2) is 4.39 Å². The Morgan fingerprint density at radius 3 is 2.26 bits per heavy atom. The second kappa shape index (κ2) is 10.1. The van der Waals surface area contributed by atoms with Gasteiger partial charge in [0.1, 0.15) is 17.9 Å². The van der Waals surface area contributed by atoms with Crippen molar-refractivity contribution in [3.8, 4) is 0 Å². The zero-order valence-corrected chi connectivity index (χ0v) is 18.9. The molecule has 4 rings (SSSR count). The van der Waals surface area contributed by atoms with E-state index in [1.54, 1.807) is 0 Å². The SMILES string of the molecule is O=C(NCc1ccccc1)[C@@H]1CCCN1C(=O)[C@H]1CCCN1C(=O)c1ccc(F)c(C(F)(F)F)c1. The number of likely N-dealkylation sites (tertiary alicyclic amines) is 2. The zero-order chi connectivity index (χ0) is 25.2. The Labute approximate surface area is 199 Å². The molecule has 1 N–H and O–H groups in total. The lowest BCUT2D eigenvalue weighted by atomic mass is 10.1. The minimum absolute atomic E-state index is 0.187. The van der Waals surface area contributed by atoms with E-state index in [9.17, 15) is 31.9 Å². The quantitative estimate of drug-likeness (QED) is 0.648. The molecule has 3 amide bonds. The number of nitrogens with one attached hydrogen (secondary N) is 1. The topological polar surface area (TPSA) is 69.7 Å². The van der Waals surface area contributed by atoms with E-state index in [4.69, 9.17) is 0 Å². The Bertz CT molecular complexity index is 1110. The molecule has 0 radical (unpaired) electrons. The molecule has 2 aromatic carbocycles. The van der Waals surface area contributed by atoms with Crippen LogP contribution in [-0.4, -0.2) is 52.7 Å². The van der Waals surface area contributed by atoms with E-state index < -0.39 is 41.5 Å². The fourth-order valence-corrected chi connectivity index (χ4v) is 4.71. The first-order valence-corrected chi connectivity index (χ1v) is 11.5. The van der Waals surface area contributed by atoms with Crippen LogP contribution in [0, 0.1) is 5.82 Å². The molecule has 0 aliphatic carbocycles. The monoisotopic (exact) mass is 491 g/mol. The molecule has 2 saturated heterocycles. The van der Waals surface area contributed by atoms with Crippen LogP contribution in [0.5, 0.6) is 0 Å². The van der Waals surface area contributed by atoms with Crippen LogP contribution in [0.25, 0.3) is 0 Å². The van der Waals surface area contributed by atoms with E-state index in [1.165, 1.54) is 9.80 Å². The van der Waals surface area contributed by atoms with E-state index in [2.05, 4.69) is 5.32 Å².